The Labute approximate surface area is 147 Å². The molecule has 3 amide bonds. The zero-order valence-electron chi connectivity index (χ0n) is 15.2. The van der Waals surface area contributed by atoms with Crippen LogP contribution >= 0.6 is 0 Å². The highest BCUT2D eigenvalue weighted by Crippen LogP contribution is 2.33. The van der Waals surface area contributed by atoms with E-state index >= 15 is 0 Å². The van der Waals surface area contributed by atoms with E-state index in [2.05, 4.69) is 5.32 Å². The number of carbonyl (C=O) groups excluding carboxylic acids is 3. The summed E-state index contributed by atoms with van der Waals surface area (Å²) < 4.78 is 10.3. The molecule has 1 saturated heterocycles. The Balaban J connectivity index is 2.26. The average molecular weight is 348 g/mol. The van der Waals surface area contributed by atoms with Gasteiger partial charge in [0.1, 0.15) is 23.4 Å². The Kier molecular flexibility index (Phi) is 5.06. The lowest BCUT2D eigenvalue weighted by Crippen LogP contribution is -2.44. The van der Waals surface area contributed by atoms with E-state index in [0.29, 0.717) is 17.7 Å². The standard InChI is InChI=1S/C18H24N2O5/c1-6-18(12-7-9-13(24-5)10-8-12)15(22)20(16(23)19-18)11-14(21)25-17(2,3)4/h7-10H,6,11H2,1-5H3,(H,19,23). The lowest BCUT2D eigenvalue weighted by atomic mass is 9.87. The van der Waals surface area contributed by atoms with Gasteiger partial charge in [0.25, 0.3) is 5.91 Å². The number of methoxy groups -OCH3 is 1. The second-order valence-corrected chi connectivity index (χ2v) is 6.90. The van der Waals surface area contributed by atoms with Gasteiger partial charge in [-0.1, -0.05) is 19.1 Å². The molecule has 0 bridgehead atoms. The zero-order chi connectivity index (χ0) is 18.8. The molecule has 1 aliphatic rings. The van der Waals surface area contributed by atoms with Gasteiger partial charge in [-0.2, -0.15) is 0 Å². The normalized spacial score (nSPS) is 20.4. The number of nitrogens with zero attached hydrogens (tertiary/aromatic N) is 1. The monoisotopic (exact) mass is 348 g/mol. The van der Waals surface area contributed by atoms with Crippen molar-refractivity contribution in [1.82, 2.24) is 10.2 Å². The van der Waals surface area contributed by atoms with Crippen LogP contribution < -0.4 is 10.1 Å². The van der Waals surface area contributed by atoms with Crippen molar-refractivity contribution in [3.63, 3.8) is 0 Å². The minimum absolute atomic E-state index is 0.356. The van der Waals surface area contributed by atoms with Gasteiger partial charge in [0, 0.05) is 0 Å². The van der Waals surface area contributed by atoms with Gasteiger partial charge >= 0.3 is 12.0 Å². The molecular formula is C18H24N2O5. The molecular weight excluding hydrogens is 324 g/mol. The average Bonchev–Trinajstić information content (AvgIpc) is 2.78. The fourth-order valence-corrected chi connectivity index (χ4v) is 2.79. The summed E-state index contributed by atoms with van der Waals surface area (Å²) >= 11 is 0. The maximum absolute atomic E-state index is 12.9. The van der Waals surface area contributed by atoms with E-state index < -0.39 is 35.6 Å². The van der Waals surface area contributed by atoms with Crippen molar-refractivity contribution in [3.05, 3.63) is 29.8 Å². The van der Waals surface area contributed by atoms with E-state index in [-0.39, 0.29) is 0 Å². The number of benzene rings is 1. The molecule has 1 fully saturated rings. The highest BCUT2D eigenvalue weighted by Gasteiger charge is 2.51. The first-order valence-electron chi connectivity index (χ1n) is 8.13. The number of ether oxygens (including phenoxy) is 2. The zero-order valence-corrected chi connectivity index (χ0v) is 15.2. The maximum atomic E-state index is 12.9. The van der Waals surface area contributed by atoms with Crippen LogP contribution in [0, 0.1) is 0 Å². The van der Waals surface area contributed by atoms with Crippen molar-refractivity contribution >= 4 is 17.9 Å². The molecule has 1 atom stereocenters. The number of imide groups is 1. The summed E-state index contributed by atoms with van der Waals surface area (Å²) in [7, 11) is 1.55. The van der Waals surface area contributed by atoms with Gasteiger partial charge in [-0.25, -0.2) is 4.79 Å². The van der Waals surface area contributed by atoms with E-state index in [0.717, 1.165) is 4.90 Å². The molecule has 7 nitrogen and oxygen atoms in total. The molecule has 1 aliphatic heterocycles. The van der Waals surface area contributed by atoms with Gasteiger partial charge in [0.2, 0.25) is 0 Å². The van der Waals surface area contributed by atoms with E-state index in [4.69, 9.17) is 9.47 Å². The number of esters is 1. The number of urea groups is 1. The van der Waals surface area contributed by atoms with Crippen molar-refractivity contribution in [2.75, 3.05) is 13.7 Å². The predicted octanol–water partition coefficient (Wildman–Crippen LogP) is 2.19. The Bertz CT molecular complexity index is 678. The van der Waals surface area contributed by atoms with Crippen molar-refractivity contribution in [3.8, 4) is 5.75 Å². The first-order chi connectivity index (χ1) is 11.6. The summed E-state index contributed by atoms with van der Waals surface area (Å²) in [6.45, 7) is 6.57. The third-order valence-electron chi connectivity index (χ3n) is 4.00. The predicted molar refractivity (Wildman–Crippen MR) is 91.1 cm³/mol. The van der Waals surface area contributed by atoms with Crippen molar-refractivity contribution < 1.29 is 23.9 Å². The Morgan fingerprint density at radius 3 is 2.28 bits per heavy atom. The number of hydrogen-bond donors (Lipinski definition) is 1. The van der Waals surface area contributed by atoms with Crippen molar-refractivity contribution in [2.45, 2.75) is 45.3 Å². The molecule has 136 valence electrons. The van der Waals surface area contributed by atoms with Crippen LogP contribution in [0.1, 0.15) is 39.7 Å². The summed E-state index contributed by atoms with van der Waals surface area (Å²) in [6, 6.07) is 6.31. The minimum atomic E-state index is -1.19. The van der Waals surface area contributed by atoms with E-state index in [1.807, 2.05) is 0 Å². The number of nitrogens with one attached hydrogen (secondary N) is 1. The van der Waals surface area contributed by atoms with Crippen LogP contribution in [-0.2, 0) is 19.9 Å². The summed E-state index contributed by atoms with van der Waals surface area (Å²) in [5.74, 6) is -0.439. The summed E-state index contributed by atoms with van der Waals surface area (Å²) in [5.41, 5.74) is -1.24. The molecule has 1 unspecified atom stereocenters. The Hall–Kier alpha value is -2.57. The van der Waals surface area contributed by atoms with Crippen LogP contribution in [0.15, 0.2) is 24.3 Å². The maximum Gasteiger partial charge on any atom is 0.326 e. The van der Waals surface area contributed by atoms with Crippen LogP contribution in [0.3, 0.4) is 0 Å². The smallest absolute Gasteiger partial charge is 0.326 e. The number of carbonyl (C=O) groups is 3. The fraction of sp³-hybridized carbons (Fsp3) is 0.500. The second-order valence-electron chi connectivity index (χ2n) is 6.90. The van der Waals surface area contributed by atoms with Crippen LogP contribution in [0.2, 0.25) is 0 Å². The quantitative estimate of drug-likeness (QED) is 0.651. The summed E-state index contributed by atoms with van der Waals surface area (Å²) in [6.07, 6.45) is 0.356. The fourth-order valence-electron chi connectivity index (χ4n) is 2.79. The van der Waals surface area contributed by atoms with Crippen LogP contribution in [0.25, 0.3) is 0 Å². The van der Waals surface area contributed by atoms with Crippen LogP contribution in [-0.4, -0.2) is 42.1 Å². The third-order valence-corrected chi connectivity index (χ3v) is 4.00. The van der Waals surface area contributed by atoms with Crippen molar-refractivity contribution in [2.24, 2.45) is 0 Å². The van der Waals surface area contributed by atoms with Crippen LogP contribution in [0.5, 0.6) is 5.75 Å². The van der Waals surface area contributed by atoms with Gasteiger partial charge in [-0.05, 0) is 44.9 Å². The molecule has 1 aromatic carbocycles. The summed E-state index contributed by atoms with van der Waals surface area (Å²) in [4.78, 5) is 38.2. The lowest BCUT2D eigenvalue weighted by molar-refractivity contribution is -0.157. The Morgan fingerprint density at radius 2 is 1.80 bits per heavy atom. The first-order valence-corrected chi connectivity index (χ1v) is 8.13. The van der Waals surface area contributed by atoms with E-state index in [9.17, 15) is 14.4 Å². The lowest BCUT2D eigenvalue weighted by Gasteiger charge is -2.26. The molecule has 1 aromatic rings. The molecule has 0 aliphatic carbocycles. The molecule has 0 radical (unpaired) electrons. The molecule has 1 heterocycles. The topological polar surface area (TPSA) is 84.9 Å². The van der Waals surface area contributed by atoms with Gasteiger partial charge in [-0.15, -0.1) is 0 Å². The minimum Gasteiger partial charge on any atom is -0.497 e. The molecule has 0 spiro atoms. The van der Waals surface area contributed by atoms with E-state index in [1.165, 1.54) is 0 Å². The van der Waals surface area contributed by atoms with Gasteiger partial charge < -0.3 is 14.8 Å². The molecule has 0 aromatic heterocycles. The largest absolute Gasteiger partial charge is 0.497 e. The van der Waals surface area contributed by atoms with Gasteiger partial charge in [-0.3, -0.25) is 14.5 Å². The van der Waals surface area contributed by atoms with Crippen molar-refractivity contribution in [1.29, 1.82) is 0 Å². The van der Waals surface area contributed by atoms with Gasteiger partial charge in [0.15, 0.2) is 0 Å². The Morgan fingerprint density at radius 1 is 1.20 bits per heavy atom. The SMILES string of the molecule is CCC1(c2ccc(OC)cc2)NC(=O)N(CC(=O)OC(C)(C)C)C1=O. The first kappa shape index (κ1) is 18.8. The molecule has 25 heavy (non-hydrogen) atoms. The summed E-state index contributed by atoms with van der Waals surface area (Å²) in [5, 5.41) is 2.73. The molecule has 1 N–H and O–H groups in total. The number of hydrogen-bond acceptors (Lipinski definition) is 5. The molecule has 0 saturated carbocycles. The van der Waals surface area contributed by atoms with Gasteiger partial charge in [0.05, 0.1) is 7.11 Å². The third kappa shape index (κ3) is 3.75. The highest BCUT2D eigenvalue weighted by atomic mass is 16.6. The number of rotatable bonds is 5. The highest BCUT2D eigenvalue weighted by molar-refractivity contribution is 6.09. The van der Waals surface area contributed by atoms with Crippen LogP contribution in [0.4, 0.5) is 4.79 Å². The molecule has 7 heteroatoms. The second kappa shape index (κ2) is 6.74. The van der Waals surface area contributed by atoms with E-state index in [1.54, 1.807) is 59.1 Å². The number of amides is 3. The molecule has 2 rings (SSSR count).